The minimum atomic E-state index is -2.98. The third-order valence-corrected chi connectivity index (χ3v) is 3.45. The number of para-hydroxylation sites is 1. The van der Waals surface area contributed by atoms with Crippen molar-refractivity contribution in [1.82, 2.24) is 0 Å². The molecule has 1 aromatic carbocycles. The van der Waals surface area contributed by atoms with Gasteiger partial charge >= 0.3 is 0 Å². The summed E-state index contributed by atoms with van der Waals surface area (Å²) in [5.41, 5.74) is 0.817. The van der Waals surface area contributed by atoms with E-state index >= 15 is 0 Å². The molecule has 1 rings (SSSR count). The van der Waals surface area contributed by atoms with Gasteiger partial charge in [0.15, 0.2) is 0 Å². The van der Waals surface area contributed by atoms with Crippen LogP contribution in [0.1, 0.15) is 12.8 Å². The summed E-state index contributed by atoms with van der Waals surface area (Å²) in [5.74, 6) is -0.0127. The van der Waals surface area contributed by atoms with Crippen LogP contribution in [0.3, 0.4) is 0 Å². The Hall–Kier alpha value is -1.36. The van der Waals surface area contributed by atoms with Gasteiger partial charge < -0.3 is 4.90 Å². The molecule has 0 aliphatic rings. The predicted octanol–water partition coefficient (Wildman–Crippen LogP) is 1.47. The normalized spacial score (nSPS) is 11.2. The van der Waals surface area contributed by atoms with E-state index in [1.807, 2.05) is 30.3 Å². The van der Waals surface area contributed by atoms with Crippen molar-refractivity contribution in [3.63, 3.8) is 0 Å². The number of nitrogens with zero attached hydrogens (tertiary/aromatic N) is 1. The average molecular weight is 255 g/mol. The van der Waals surface area contributed by atoms with Gasteiger partial charge in [0.1, 0.15) is 9.84 Å². The van der Waals surface area contributed by atoms with E-state index in [1.165, 1.54) is 6.26 Å². The van der Waals surface area contributed by atoms with Gasteiger partial charge in [0.2, 0.25) is 5.91 Å². The molecule has 0 radical (unpaired) electrons. The van der Waals surface area contributed by atoms with Crippen molar-refractivity contribution in [3.05, 3.63) is 30.3 Å². The summed E-state index contributed by atoms with van der Waals surface area (Å²) >= 11 is 0. The van der Waals surface area contributed by atoms with Gasteiger partial charge in [0.05, 0.1) is 5.75 Å². The van der Waals surface area contributed by atoms with Crippen molar-refractivity contribution in [2.45, 2.75) is 12.8 Å². The molecule has 0 aromatic heterocycles. The number of hydrogen-bond acceptors (Lipinski definition) is 3. The minimum Gasteiger partial charge on any atom is -0.316 e. The van der Waals surface area contributed by atoms with Crippen molar-refractivity contribution in [1.29, 1.82) is 0 Å². The molecule has 0 N–H and O–H groups in total. The van der Waals surface area contributed by atoms with E-state index in [4.69, 9.17) is 0 Å². The number of benzene rings is 1. The molecule has 0 bridgehead atoms. The van der Waals surface area contributed by atoms with Gasteiger partial charge in [0.25, 0.3) is 0 Å². The number of carbonyl (C=O) groups excluding carboxylic acids is 1. The molecule has 0 saturated heterocycles. The molecule has 0 aliphatic heterocycles. The number of rotatable bonds is 5. The van der Waals surface area contributed by atoms with Crippen LogP contribution < -0.4 is 4.90 Å². The highest BCUT2D eigenvalue weighted by molar-refractivity contribution is 7.90. The van der Waals surface area contributed by atoms with Crippen molar-refractivity contribution in [2.24, 2.45) is 0 Å². The van der Waals surface area contributed by atoms with Gasteiger partial charge in [-0.05, 0) is 18.6 Å². The molecule has 1 aromatic rings. The van der Waals surface area contributed by atoms with Crippen molar-refractivity contribution < 1.29 is 13.2 Å². The van der Waals surface area contributed by atoms with Gasteiger partial charge in [-0.1, -0.05) is 18.2 Å². The lowest BCUT2D eigenvalue weighted by atomic mass is 10.2. The fourth-order valence-electron chi connectivity index (χ4n) is 1.45. The average Bonchev–Trinajstić information content (AvgIpc) is 2.27. The fourth-order valence-corrected chi connectivity index (χ4v) is 2.12. The van der Waals surface area contributed by atoms with Crippen LogP contribution in [0.15, 0.2) is 30.3 Å². The first-order chi connectivity index (χ1) is 7.90. The van der Waals surface area contributed by atoms with Gasteiger partial charge in [-0.15, -0.1) is 0 Å². The standard InChI is InChI=1S/C12H17NO3S/c1-13(11-7-4-3-5-8-11)12(14)9-6-10-17(2,15)16/h3-5,7-8H,6,9-10H2,1-2H3. The van der Waals surface area contributed by atoms with Crippen LogP contribution in [-0.2, 0) is 14.6 Å². The second-order valence-corrected chi connectivity index (χ2v) is 6.28. The summed E-state index contributed by atoms with van der Waals surface area (Å²) in [6, 6.07) is 9.28. The summed E-state index contributed by atoms with van der Waals surface area (Å²) in [6.07, 6.45) is 1.80. The summed E-state index contributed by atoms with van der Waals surface area (Å²) < 4.78 is 21.9. The fraction of sp³-hybridized carbons (Fsp3) is 0.417. The summed E-state index contributed by atoms with van der Waals surface area (Å²) in [7, 11) is -1.29. The van der Waals surface area contributed by atoms with Crippen LogP contribution in [-0.4, -0.2) is 33.4 Å². The van der Waals surface area contributed by atoms with E-state index < -0.39 is 9.84 Å². The second kappa shape index (κ2) is 5.82. The van der Waals surface area contributed by atoms with Gasteiger partial charge in [-0.2, -0.15) is 0 Å². The zero-order chi connectivity index (χ0) is 12.9. The van der Waals surface area contributed by atoms with E-state index in [0.717, 1.165) is 5.69 Å². The first kappa shape index (κ1) is 13.7. The van der Waals surface area contributed by atoms with Crippen molar-refractivity contribution in [2.75, 3.05) is 24.0 Å². The maximum absolute atomic E-state index is 11.8. The third-order valence-electron chi connectivity index (χ3n) is 2.42. The summed E-state index contributed by atoms with van der Waals surface area (Å²) in [6.45, 7) is 0. The molecule has 0 atom stereocenters. The molecule has 94 valence electrons. The third kappa shape index (κ3) is 4.99. The molecular formula is C12H17NO3S. The van der Waals surface area contributed by atoms with Crippen LogP contribution in [0.25, 0.3) is 0 Å². The molecule has 0 unspecified atom stereocenters. The summed E-state index contributed by atoms with van der Waals surface area (Å²) in [5, 5.41) is 0. The number of hydrogen-bond donors (Lipinski definition) is 0. The number of sulfone groups is 1. The highest BCUT2D eigenvalue weighted by atomic mass is 32.2. The van der Waals surface area contributed by atoms with Gasteiger partial charge in [0, 0.05) is 25.4 Å². The smallest absolute Gasteiger partial charge is 0.226 e. The van der Waals surface area contributed by atoms with Crippen LogP contribution in [0, 0.1) is 0 Å². The van der Waals surface area contributed by atoms with E-state index in [1.54, 1.807) is 11.9 Å². The molecule has 4 nitrogen and oxygen atoms in total. The first-order valence-corrected chi connectivity index (χ1v) is 7.45. The highest BCUT2D eigenvalue weighted by Gasteiger charge is 2.11. The van der Waals surface area contributed by atoms with Gasteiger partial charge in [-0.25, -0.2) is 8.42 Å². The molecule has 0 aliphatic carbocycles. The number of carbonyl (C=O) groups is 1. The van der Waals surface area contributed by atoms with E-state index in [9.17, 15) is 13.2 Å². The van der Waals surface area contributed by atoms with Crippen LogP contribution in [0.2, 0.25) is 0 Å². The Morgan fingerprint density at radius 1 is 1.24 bits per heavy atom. The molecule has 5 heteroatoms. The van der Waals surface area contributed by atoms with E-state index in [-0.39, 0.29) is 18.1 Å². The summed E-state index contributed by atoms with van der Waals surface area (Å²) in [4.78, 5) is 13.3. The van der Waals surface area contributed by atoms with E-state index in [0.29, 0.717) is 6.42 Å². The maximum atomic E-state index is 11.8. The van der Waals surface area contributed by atoms with Crippen molar-refractivity contribution >= 4 is 21.4 Å². The minimum absolute atomic E-state index is 0.0569. The maximum Gasteiger partial charge on any atom is 0.226 e. The van der Waals surface area contributed by atoms with Crippen LogP contribution >= 0.6 is 0 Å². The number of anilines is 1. The number of amides is 1. The van der Waals surface area contributed by atoms with Gasteiger partial charge in [-0.3, -0.25) is 4.79 Å². The lowest BCUT2D eigenvalue weighted by molar-refractivity contribution is -0.118. The molecular weight excluding hydrogens is 238 g/mol. The SMILES string of the molecule is CN(C(=O)CCCS(C)(=O)=O)c1ccccc1. The Labute approximate surface area is 102 Å². The van der Waals surface area contributed by atoms with E-state index in [2.05, 4.69) is 0 Å². The Bertz CT molecular complexity index is 468. The van der Waals surface area contributed by atoms with Crippen LogP contribution in [0.4, 0.5) is 5.69 Å². The predicted molar refractivity (Wildman–Crippen MR) is 68.8 cm³/mol. The molecule has 0 spiro atoms. The topological polar surface area (TPSA) is 54.5 Å². The quantitative estimate of drug-likeness (QED) is 0.800. The monoisotopic (exact) mass is 255 g/mol. The van der Waals surface area contributed by atoms with Crippen LogP contribution in [0.5, 0.6) is 0 Å². The Morgan fingerprint density at radius 2 is 1.82 bits per heavy atom. The Morgan fingerprint density at radius 3 is 2.35 bits per heavy atom. The Kier molecular flexibility index (Phi) is 4.69. The molecule has 0 fully saturated rings. The first-order valence-electron chi connectivity index (χ1n) is 5.39. The largest absolute Gasteiger partial charge is 0.316 e. The molecule has 0 heterocycles. The Balaban J connectivity index is 2.49. The molecule has 1 amide bonds. The second-order valence-electron chi connectivity index (χ2n) is 4.02. The van der Waals surface area contributed by atoms with Crippen molar-refractivity contribution in [3.8, 4) is 0 Å². The molecule has 0 saturated carbocycles. The molecule has 17 heavy (non-hydrogen) atoms. The highest BCUT2D eigenvalue weighted by Crippen LogP contribution is 2.12. The lowest BCUT2D eigenvalue weighted by Crippen LogP contribution is -2.26. The zero-order valence-electron chi connectivity index (χ0n) is 10.1. The zero-order valence-corrected chi connectivity index (χ0v) is 10.9. The lowest BCUT2D eigenvalue weighted by Gasteiger charge is -2.16.